The van der Waals surface area contributed by atoms with Crippen LogP contribution in [0.1, 0.15) is 19.4 Å². The number of nitrogens with zero attached hydrogens (tertiary/aromatic N) is 1. The summed E-state index contributed by atoms with van der Waals surface area (Å²) in [5, 5.41) is 10.8. The van der Waals surface area contributed by atoms with Crippen molar-refractivity contribution >= 4 is 11.6 Å². The minimum absolute atomic E-state index is 0.356. The molecule has 0 aliphatic heterocycles. The molecule has 0 bridgehead atoms. The van der Waals surface area contributed by atoms with E-state index in [1.165, 1.54) is 0 Å². The third-order valence-electron chi connectivity index (χ3n) is 3.55. The number of hydrogen-bond acceptors (Lipinski definition) is 2. The maximum absolute atomic E-state index is 10.0. The molecule has 1 N–H and O–H groups in total. The van der Waals surface area contributed by atoms with Crippen LogP contribution in [0.3, 0.4) is 0 Å². The molecule has 2 rings (SSSR count). The molecular weight excluding hydrogens is 270 g/mol. The summed E-state index contributed by atoms with van der Waals surface area (Å²) in [4.78, 5) is 2.28. The highest BCUT2D eigenvalue weighted by atomic mass is 35.5. The summed E-state index contributed by atoms with van der Waals surface area (Å²) in [7, 11) is 0. The van der Waals surface area contributed by atoms with Crippen LogP contribution in [-0.2, 0) is 6.54 Å². The maximum Gasteiger partial charge on any atom is 0.120 e. The van der Waals surface area contributed by atoms with E-state index in [-0.39, 0.29) is 0 Å². The third kappa shape index (κ3) is 3.53. The lowest BCUT2D eigenvalue weighted by Gasteiger charge is -2.19. The van der Waals surface area contributed by atoms with Gasteiger partial charge in [0.15, 0.2) is 0 Å². The molecule has 0 saturated heterocycles. The standard InChI is InChI=1S/C17H20ClNO/c1-3-19(4-2)12-15-11-14(7-10-17(15)20)13-5-8-16(18)9-6-13/h5-11,20H,3-4,12H2,1-2H3. The van der Waals surface area contributed by atoms with Gasteiger partial charge >= 0.3 is 0 Å². The van der Waals surface area contributed by atoms with Crippen LogP contribution < -0.4 is 0 Å². The molecule has 2 nitrogen and oxygen atoms in total. The molecule has 0 heterocycles. The Morgan fingerprint density at radius 1 is 0.950 bits per heavy atom. The van der Waals surface area contributed by atoms with Gasteiger partial charge in [-0.1, -0.05) is 43.6 Å². The molecule has 2 aromatic carbocycles. The molecule has 3 heteroatoms. The van der Waals surface area contributed by atoms with Crippen molar-refractivity contribution in [3.05, 3.63) is 53.1 Å². The smallest absolute Gasteiger partial charge is 0.120 e. The fraction of sp³-hybridized carbons (Fsp3) is 0.294. The van der Waals surface area contributed by atoms with E-state index in [4.69, 9.17) is 11.6 Å². The molecular formula is C17H20ClNO. The molecule has 0 spiro atoms. The summed E-state index contributed by atoms with van der Waals surface area (Å²) in [5.41, 5.74) is 3.16. The Morgan fingerprint density at radius 3 is 2.15 bits per heavy atom. The van der Waals surface area contributed by atoms with Crippen molar-refractivity contribution in [1.82, 2.24) is 4.90 Å². The van der Waals surface area contributed by atoms with E-state index in [1.807, 2.05) is 30.3 Å². The van der Waals surface area contributed by atoms with Crippen LogP contribution in [0.2, 0.25) is 5.02 Å². The molecule has 0 fully saturated rings. The Balaban J connectivity index is 2.30. The third-order valence-corrected chi connectivity index (χ3v) is 3.80. The lowest BCUT2D eigenvalue weighted by molar-refractivity contribution is 0.291. The van der Waals surface area contributed by atoms with Crippen molar-refractivity contribution in [2.75, 3.05) is 13.1 Å². The van der Waals surface area contributed by atoms with Crippen LogP contribution in [0.25, 0.3) is 11.1 Å². The lowest BCUT2D eigenvalue weighted by Crippen LogP contribution is -2.22. The normalized spacial score (nSPS) is 11.0. The van der Waals surface area contributed by atoms with Gasteiger partial charge in [0.05, 0.1) is 0 Å². The van der Waals surface area contributed by atoms with Crippen molar-refractivity contribution in [2.24, 2.45) is 0 Å². The van der Waals surface area contributed by atoms with Crippen LogP contribution in [0.4, 0.5) is 0 Å². The highest BCUT2D eigenvalue weighted by Crippen LogP contribution is 2.27. The first-order valence-corrected chi connectivity index (χ1v) is 7.32. The Hall–Kier alpha value is -1.51. The topological polar surface area (TPSA) is 23.5 Å². The quantitative estimate of drug-likeness (QED) is 0.872. The average Bonchev–Trinajstić information content (AvgIpc) is 2.47. The van der Waals surface area contributed by atoms with Gasteiger partial charge in [-0.25, -0.2) is 0 Å². The second-order valence-electron chi connectivity index (χ2n) is 4.81. The van der Waals surface area contributed by atoms with Crippen molar-refractivity contribution in [2.45, 2.75) is 20.4 Å². The molecule has 20 heavy (non-hydrogen) atoms. The van der Waals surface area contributed by atoms with Crippen LogP contribution in [0.15, 0.2) is 42.5 Å². The zero-order valence-electron chi connectivity index (χ0n) is 11.9. The van der Waals surface area contributed by atoms with Crippen LogP contribution in [0.5, 0.6) is 5.75 Å². The van der Waals surface area contributed by atoms with Gasteiger partial charge in [0.2, 0.25) is 0 Å². The Labute approximate surface area is 125 Å². The number of rotatable bonds is 5. The second kappa shape index (κ2) is 6.78. The molecule has 0 amide bonds. The van der Waals surface area contributed by atoms with Crippen LogP contribution >= 0.6 is 11.6 Å². The van der Waals surface area contributed by atoms with E-state index in [2.05, 4.69) is 24.8 Å². The second-order valence-corrected chi connectivity index (χ2v) is 5.25. The van der Waals surface area contributed by atoms with Crippen LogP contribution in [-0.4, -0.2) is 23.1 Å². The minimum atomic E-state index is 0.356. The van der Waals surface area contributed by atoms with E-state index < -0.39 is 0 Å². The maximum atomic E-state index is 10.0. The van der Waals surface area contributed by atoms with Gasteiger partial charge in [-0.15, -0.1) is 0 Å². The molecule has 0 radical (unpaired) electrons. The van der Waals surface area contributed by atoms with Crippen molar-refractivity contribution in [3.63, 3.8) is 0 Å². The summed E-state index contributed by atoms with van der Waals surface area (Å²) in [5.74, 6) is 0.356. The first-order valence-electron chi connectivity index (χ1n) is 6.94. The predicted octanol–water partition coefficient (Wildman–Crippen LogP) is 4.55. The number of aromatic hydroxyl groups is 1. The van der Waals surface area contributed by atoms with Crippen molar-refractivity contribution in [3.8, 4) is 16.9 Å². The van der Waals surface area contributed by atoms with Gasteiger partial charge in [0.1, 0.15) is 5.75 Å². The number of phenolic OH excluding ortho intramolecular Hbond substituents is 1. The minimum Gasteiger partial charge on any atom is -0.508 e. The number of halogens is 1. The van der Waals surface area contributed by atoms with Gasteiger partial charge < -0.3 is 5.11 Å². The zero-order valence-corrected chi connectivity index (χ0v) is 12.7. The summed E-state index contributed by atoms with van der Waals surface area (Å²) >= 11 is 5.92. The lowest BCUT2D eigenvalue weighted by atomic mass is 10.0. The van der Waals surface area contributed by atoms with Gasteiger partial charge in [0, 0.05) is 17.1 Å². The Kier molecular flexibility index (Phi) is 5.05. The molecule has 0 atom stereocenters. The van der Waals surface area contributed by atoms with E-state index in [0.717, 1.165) is 41.3 Å². The zero-order chi connectivity index (χ0) is 14.5. The number of phenols is 1. The summed E-state index contributed by atoms with van der Waals surface area (Å²) in [6.45, 7) is 6.97. The first kappa shape index (κ1) is 14.9. The first-order chi connectivity index (χ1) is 9.63. The average molecular weight is 290 g/mol. The van der Waals surface area contributed by atoms with Crippen LogP contribution in [0, 0.1) is 0 Å². The largest absolute Gasteiger partial charge is 0.508 e. The Bertz CT molecular complexity index is 562. The molecule has 0 aliphatic carbocycles. The SMILES string of the molecule is CCN(CC)Cc1cc(-c2ccc(Cl)cc2)ccc1O. The summed E-state index contributed by atoms with van der Waals surface area (Å²) in [6, 6.07) is 13.5. The summed E-state index contributed by atoms with van der Waals surface area (Å²) < 4.78 is 0. The molecule has 106 valence electrons. The molecule has 2 aromatic rings. The van der Waals surface area contributed by atoms with E-state index in [0.29, 0.717) is 5.75 Å². The van der Waals surface area contributed by atoms with Gasteiger partial charge in [-0.05, 0) is 48.5 Å². The molecule has 0 unspecified atom stereocenters. The van der Waals surface area contributed by atoms with Crippen molar-refractivity contribution in [1.29, 1.82) is 0 Å². The fourth-order valence-corrected chi connectivity index (χ4v) is 2.35. The highest BCUT2D eigenvalue weighted by molar-refractivity contribution is 6.30. The fourth-order valence-electron chi connectivity index (χ4n) is 2.22. The van der Waals surface area contributed by atoms with Gasteiger partial charge in [-0.2, -0.15) is 0 Å². The van der Waals surface area contributed by atoms with E-state index in [9.17, 15) is 5.11 Å². The Morgan fingerprint density at radius 2 is 1.55 bits per heavy atom. The predicted molar refractivity (Wildman–Crippen MR) is 85.2 cm³/mol. The number of benzene rings is 2. The van der Waals surface area contributed by atoms with Crippen molar-refractivity contribution < 1.29 is 5.11 Å². The molecule has 0 aromatic heterocycles. The summed E-state index contributed by atoms with van der Waals surface area (Å²) in [6.07, 6.45) is 0. The molecule has 0 saturated carbocycles. The monoisotopic (exact) mass is 289 g/mol. The van der Waals surface area contributed by atoms with Gasteiger partial charge in [0.25, 0.3) is 0 Å². The number of hydrogen-bond donors (Lipinski definition) is 1. The van der Waals surface area contributed by atoms with E-state index in [1.54, 1.807) is 6.07 Å². The highest BCUT2D eigenvalue weighted by Gasteiger charge is 2.08. The van der Waals surface area contributed by atoms with E-state index >= 15 is 0 Å². The molecule has 0 aliphatic rings. The van der Waals surface area contributed by atoms with Gasteiger partial charge in [-0.3, -0.25) is 4.90 Å².